The summed E-state index contributed by atoms with van der Waals surface area (Å²) < 4.78 is 2.42. The van der Waals surface area contributed by atoms with E-state index in [2.05, 4.69) is 211 Å². The molecule has 0 spiro atoms. The third-order valence-corrected chi connectivity index (χ3v) is 10.3. The number of allylic oxidation sites excluding steroid dienone is 1. The first-order chi connectivity index (χ1) is 25.2. The lowest BCUT2D eigenvalue weighted by Crippen LogP contribution is -2.09. The number of hydrogen-bond acceptors (Lipinski definition) is 1. The second-order valence-electron chi connectivity index (χ2n) is 13.4. The third-order valence-electron chi connectivity index (χ3n) is 10.3. The summed E-state index contributed by atoms with van der Waals surface area (Å²) in [4.78, 5) is 2.34. The number of rotatable bonds is 7. The summed E-state index contributed by atoms with van der Waals surface area (Å²) in [6.07, 6.45) is 5.71. The van der Waals surface area contributed by atoms with Crippen LogP contribution in [0.3, 0.4) is 0 Å². The van der Waals surface area contributed by atoms with E-state index in [4.69, 9.17) is 0 Å². The van der Waals surface area contributed by atoms with E-state index in [-0.39, 0.29) is 0 Å². The van der Waals surface area contributed by atoms with E-state index in [0.29, 0.717) is 5.92 Å². The highest BCUT2D eigenvalue weighted by Gasteiger charge is 2.22. The van der Waals surface area contributed by atoms with E-state index in [1.807, 2.05) is 0 Å². The van der Waals surface area contributed by atoms with Crippen LogP contribution in [0.15, 0.2) is 188 Å². The molecule has 244 valence electrons. The molecule has 1 atom stereocenters. The Labute approximate surface area is 300 Å². The zero-order chi connectivity index (χ0) is 34.1. The topological polar surface area (TPSA) is 8.17 Å². The van der Waals surface area contributed by atoms with Crippen molar-refractivity contribution in [3.05, 3.63) is 199 Å². The predicted octanol–water partition coefficient (Wildman–Crippen LogP) is 13.6. The van der Waals surface area contributed by atoms with Gasteiger partial charge in [-0.25, -0.2) is 0 Å². The molecule has 2 heteroatoms. The Kier molecular flexibility index (Phi) is 7.91. The molecule has 0 N–H and O–H groups in total. The number of fused-ring (bicyclic) bond motifs is 3. The molecule has 9 rings (SSSR count). The summed E-state index contributed by atoms with van der Waals surface area (Å²) in [5.41, 5.74) is 15.8. The van der Waals surface area contributed by atoms with E-state index < -0.39 is 0 Å². The van der Waals surface area contributed by atoms with Crippen molar-refractivity contribution in [3.8, 4) is 39.1 Å². The van der Waals surface area contributed by atoms with Crippen molar-refractivity contribution in [3.63, 3.8) is 0 Å². The van der Waals surface area contributed by atoms with Crippen LogP contribution in [0.5, 0.6) is 0 Å². The molecular weight excluding hydrogens is 617 g/mol. The van der Waals surface area contributed by atoms with Crippen molar-refractivity contribution in [1.29, 1.82) is 0 Å². The molecular formula is C49H38N2. The first-order valence-corrected chi connectivity index (χ1v) is 17.8. The van der Waals surface area contributed by atoms with E-state index in [9.17, 15) is 0 Å². The average molecular weight is 655 g/mol. The SMILES string of the molecule is CC1CC=Cc2c1c1ccccc1n2-c1ccc(-c2ccc(N(c3ccc(-c4ccccc4)cc3)c3ccc(-c4ccccc4)cc3)cc2)cc1. The lowest BCUT2D eigenvalue weighted by Gasteiger charge is -2.26. The van der Waals surface area contributed by atoms with Gasteiger partial charge in [0.1, 0.15) is 0 Å². The van der Waals surface area contributed by atoms with Crippen molar-refractivity contribution in [1.82, 2.24) is 4.57 Å². The highest BCUT2D eigenvalue weighted by molar-refractivity contribution is 5.91. The maximum Gasteiger partial charge on any atom is 0.0537 e. The molecule has 51 heavy (non-hydrogen) atoms. The Morgan fingerprint density at radius 3 is 1.35 bits per heavy atom. The fraction of sp³-hybridized carbons (Fsp3) is 0.0612. The minimum atomic E-state index is 0.511. The van der Waals surface area contributed by atoms with Crippen LogP contribution in [0.1, 0.15) is 30.5 Å². The molecule has 1 aliphatic carbocycles. The lowest BCUT2D eigenvalue weighted by molar-refractivity contribution is 0.773. The first kappa shape index (κ1) is 30.7. The van der Waals surface area contributed by atoms with Gasteiger partial charge in [-0.15, -0.1) is 0 Å². The smallest absolute Gasteiger partial charge is 0.0537 e. The molecule has 1 heterocycles. The first-order valence-electron chi connectivity index (χ1n) is 17.8. The number of hydrogen-bond donors (Lipinski definition) is 0. The van der Waals surface area contributed by atoms with Gasteiger partial charge in [0.05, 0.1) is 5.52 Å². The minimum absolute atomic E-state index is 0.511. The zero-order valence-electron chi connectivity index (χ0n) is 28.7. The van der Waals surface area contributed by atoms with Gasteiger partial charge in [0.25, 0.3) is 0 Å². The number of aromatic nitrogens is 1. The number of anilines is 3. The summed E-state index contributed by atoms with van der Waals surface area (Å²) in [6.45, 7) is 2.34. The van der Waals surface area contributed by atoms with Gasteiger partial charge in [0.2, 0.25) is 0 Å². The Morgan fingerprint density at radius 1 is 0.451 bits per heavy atom. The van der Waals surface area contributed by atoms with Gasteiger partial charge in [-0.3, -0.25) is 0 Å². The fourth-order valence-electron chi connectivity index (χ4n) is 7.67. The third kappa shape index (κ3) is 5.75. The number of nitrogens with zero attached hydrogens (tertiary/aromatic N) is 2. The van der Waals surface area contributed by atoms with Crippen molar-refractivity contribution in [2.45, 2.75) is 19.3 Å². The maximum absolute atomic E-state index is 2.42. The lowest BCUT2D eigenvalue weighted by atomic mass is 9.91. The van der Waals surface area contributed by atoms with E-state index in [0.717, 1.165) is 23.5 Å². The molecule has 0 saturated heterocycles. The maximum atomic E-state index is 2.42. The predicted molar refractivity (Wildman–Crippen MR) is 216 cm³/mol. The molecule has 1 unspecified atom stereocenters. The molecule has 0 amide bonds. The molecule has 0 bridgehead atoms. The van der Waals surface area contributed by atoms with Gasteiger partial charge in [0, 0.05) is 33.8 Å². The highest BCUT2D eigenvalue weighted by Crippen LogP contribution is 2.41. The van der Waals surface area contributed by atoms with Crippen LogP contribution in [0.4, 0.5) is 17.1 Å². The molecule has 0 aliphatic heterocycles. The quantitative estimate of drug-likeness (QED) is 0.166. The summed E-state index contributed by atoms with van der Waals surface area (Å²) in [5, 5.41) is 1.36. The molecule has 1 aliphatic rings. The molecule has 2 nitrogen and oxygen atoms in total. The Bertz CT molecular complexity index is 2370. The van der Waals surface area contributed by atoms with Crippen LogP contribution in [-0.4, -0.2) is 4.57 Å². The van der Waals surface area contributed by atoms with E-state index in [1.165, 1.54) is 61.2 Å². The normalized spacial score (nSPS) is 13.6. The van der Waals surface area contributed by atoms with E-state index in [1.54, 1.807) is 0 Å². The van der Waals surface area contributed by atoms with Crippen LogP contribution >= 0.6 is 0 Å². The zero-order valence-corrected chi connectivity index (χ0v) is 28.7. The highest BCUT2D eigenvalue weighted by atomic mass is 15.1. The number of benzene rings is 7. The van der Waals surface area contributed by atoms with Gasteiger partial charge < -0.3 is 9.47 Å². The van der Waals surface area contributed by atoms with Gasteiger partial charge in [-0.1, -0.05) is 140 Å². The van der Waals surface area contributed by atoms with Crippen LogP contribution in [0.25, 0.3) is 56.0 Å². The second kappa shape index (κ2) is 13.2. The van der Waals surface area contributed by atoms with Crippen molar-refractivity contribution >= 4 is 34.0 Å². The summed E-state index contributed by atoms with van der Waals surface area (Å²) in [7, 11) is 0. The second-order valence-corrected chi connectivity index (χ2v) is 13.4. The monoisotopic (exact) mass is 654 g/mol. The minimum Gasteiger partial charge on any atom is -0.311 e. The fourth-order valence-corrected chi connectivity index (χ4v) is 7.67. The Balaban J connectivity index is 1.05. The molecule has 0 radical (unpaired) electrons. The summed E-state index contributed by atoms with van der Waals surface area (Å²) in [5.74, 6) is 0.511. The van der Waals surface area contributed by atoms with Crippen molar-refractivity contribution in [2.24, 2.45) is 0 Å². The van der Waals surface area contributed by atoms with Crippen LogP contribution in [0, 0.1) is 0 Å². The summed E-state index contributed by atoms with van der Waals surface area (Å²) >= 11 is 0. The average Bonchev–Trinajstić information content (AvgIpc) is 3.55. The van der Waals surface area contributed by atoms with Crippen LogP contribution in [-0.2, 0) is 0 Å². The molecule has 1 aromatic heterocycles. The van der Waals surface area contributed by atoms with Crippen molar-refractivity contribution < 1.29 is 0 Å². The molecule has 8 aromatic rings. The van der Waals surface area contributed by atoms with Crippen LogP contribution in [0.2, 0.25) is 0 Å². The van der Waals surface area contributed by atoms with Gasteiger partial charge in [0.15, 0.2) is 0 Å². The standard InChI is InChI=1S/C49H38N2/c1-35-11-10-18-48-49(35)46-16-8-9-17-47(46)51(48)45-33-25-41(26-34-45)40-23-31-44(32-24-40)50(42-27-19-38(20-28-42)36-12-4-2-5-13-36)43-29-21-39(22-30-43)37-14-6-3-7-15-37/h2-10,12-35H,11H2,1H3. The Morgan fingerprint density at radius 2 is 0.863 bits per heavy atom. The van der Waals surface area contributed by atoms with E-state index >= 15 is 0 Å². The van der Waals surface area contributed by atoms with Gasteiger partial charge in [-0.05, 0) is 112 Å². The summed E-state index contributed by atoms with van der Waals surface area (Å²) in [6, 6.07) is 65.7. The number of para-hydroxylation sites is 1. The van der Waals surface area contributed by atoms with Gasteiger partial charge >= 0.3 is 0 Å². The molecule has 0 fully saturated rings. The largest absolute Gasteiger partial charge is 0.311 e. The van der Waals surface area contributed by atoms with Crippen LogP contribution < -0.4 is 4.90 Å². The molecule has 7 aromatic carbocycles. The van der Waals surface area contributed by atoms with Gasteiger partial charge in [-0.2, -0.15) is 0 Å². The Hall–Kier alpha value is -6.38. The molecule has 0 saturated carbocycles. The van der Waals surface area contributed by atoms with Crippen molar-refractivity contribution in [2.75, 3.05) is 4.90 Å².